The molecular weight excluding hydrogens is 394 g/mol. The van der Waals surface area contributed by atoms with Gasteiger partial charge in [0.1, 0.15) is 6.61 Å². The van der Waals surface area contributed by atoms with Crippen LogP contribution in [0.2, 0.25) is 0 Å². The number of rotatable bonds is 9. The molecule has 154 valence electrons. The second-order valence-corrected chi connectivity index (χ2v) is 7.90. The van der Waals surface area contributed by atoms with Gasteiger partial charge >= 0.3 is 11.9 Å². The third-order valence-electron chi connectivity index (χ3n) is 3.92. The molecule has 0 fully saturated rings. The molecule has 0 spiro atoms. The van der Waals surface area contributed by atoms with Crippen molar-refractivity contribution in [1.82, 2.24) is 4.72 Å². The number of nitrogens with one attached hydrogen (secondary N) is 1. The molecule has 29 heavy (non-hydrogen) atoms. The van der Waals surface area contributed by atoms with Gasteiger partial charge in [-0.3, -0.25) is 4.79 Å². The van der Waals surface area contributed by atoms with Crippen molar-refractivity contribution < 1.29 is 27.5 Å². The summed E-state index contributed by atoms with van der Waals surface area (Å²) in [4.78, 5) is 23.1. The fraction of sp³-hybridized carbons (Fsp3) is 0.238. The van der Waals surface area contributed by atoms with Crippen molar-refractivity contribution in [2.45, 2.75) is 20.0 Å². The monoisotopic (exact) mass is 417 g/mol. The molecule has 0 aromatic heterocycles. The fourth-order valence-corrected chi connectivity index (χ4v) is 3.10. The molecule has 0 saturated carbocycles. The van der Waals surface area contributed by atoms with Gasteiger partial charge in [0, 0.05) is 12.0 Å². The maximum Gasteiger partial charge on any atom is 0.337 e. The van der Waals surface area contributed by atoms with E-state index in [4.69, 9.17) is 4.74 Å². The number of carbonyl (C=O) groups excluding carboxylic acids is 2. The van der Waals surface area contributed by atoms with Crippen LogP contribution < -0.4 is 4.72 Å². The van der Waals surface area contributed by atoms with Gasteiger partial charge in [0.15, 0.2) is 0 Å². The standard InChI is InChI=1S/C21H23NO6S/c1-16-3-5-17(6-4-16)12-14-29(25,26)22-13-11-20(23)28-15-18-7-9-19(10-8-18)21(24)27-2/h3-10,12,14,22H,11,13,15H2,1-2H3/b14-12+. The lowest BCUT2D eigenvalue weighted by Gasteiger charge is -2.06. The highest BCUT2D eigenvalue weighted by Gasteiger charge is 2.09. The second kappa shape index (κ2) is 10.5. The second-order valence-electron chi connectivity index (χ2n) is 6.25. The number of hydrogen-bond donors (Lipinski definition) is 1. The topological polar surface area (TPSA) is 98.8 Å². The number of hydrogen-bond acceptors (Lipinski definition) is 6. The highest BCUT2D eigenvalue weighted by atomic mass is 32.2. The van der Waals surface area contributed by atoms with Gasteiger partial charge in [-0.15, -0.1) is 0 Å². The van der Waals surface area contributed by atoms with Gasteiger partial charge in [0.05, 0.1) is 19.1 Å². The van der Waals surface area contributed by atoms with Crippen LogP contribution in [0.5, 0.6) is 0 Å². The number of ether oxygens (including phenoxy) is 2. The Labute approximate surface area is 170 Å². The van der Waals surface area contributed by atoms with Crippen LogP contribution in [0.25, 0.3) is 6.08 Å². The van der Waals surface area contributed by atoms with E-state index >= 15 is 0 Å². The highest BCUT2D eigenvalue weighted by molar-refractivity contribution is 7.92. The average molecular weight is 417 g/mol. The molecule has 1 N–H and O–H groups in total. The molecule has 0 bridgehead atoms. The predicted octanol–water partition coefficient (Wildman–Crippen LogP) is 2.81. The zero-order valence-corrected chi connectivity index (χ0v) is 17.1. The smallest absolute Gasteiger partial charge is 0.337 e. The number of esters is 2. The zero-order chi connectivity index (χ0) is 21.3. The van der Waals surface area contributed by atoms with Crippen LogP contribution in [0.3, 0.4) is 0 Å². The molecule has 0 amide bonds. The molecule has 0 heterocycles. The first-order valence-corrected chi connectivity index (χ1v) is 10.4. The maximum absolute atomic E-state index is 12.0. The van der Waals surface area contributed by atoms with Gasteiger partial charge in [-0.1, -0.05) is 42.0 Å². The van der Waals surface area contributed by atoms with Gasteiger partial charge in [0.25, 0.3) is 0 Å². The zero-order valence-electron chi connectivity index (χ0n) is 16.3. The Morgan fingerprint density at radius 1 is 1.03 bits per heavy atom. The summed E-state index contributed by atoms with van der Waals surface area (Å²) < 4.78 is 36.0. The number of benzene rings is 2. The molecule has 0 unspecified atom stereocenters. The van der Waals surface area contributed by atoms with Crippen LogP contribution in [-0.4, -0.2) is 34.0 Å². The molecule has 2 aromatic rings. The first-order chi connectivity index (χ1) is 13.8. The molecule has 0 aliphatic carbocycles. The molecule has 0 aliphatic rings. The van der Waals surface area contributed by atoms with Gasteiger partial charge in [0.2, 0.25) is 10.0 Å². The molecule has 7 nitrogen and oxygen atoms in total. The Balaban J connectivity index is 1.74. The predicted molar refractivity (Wildman–Crippen MR) is 109 cm³/mol. The van der Waals surface area contributed by atoms with Crippen molar-refractivity contribution in [3.8, 4) is 0 Å². The summed E-state index contributed by atoms with van der Waals surface area (Å²) in [5, 5.41) is 1.06. The first-order valence-electron chi connectivity index (χ1n) is 8.86. The summed E-state index contributed by atoms with van der Waals surface area (Å²) in [5.41, 5.74) is 2.95. The summed E-state index contributed by atoms with van der Waals surface area (Å²) >= 11 is 0. The van der Waals surface area contributed by atoms with Crippen LogP contribution in [-0.2, 0) is 30.9 Å². The van der Waals surface area contributed by atoms with Crippen molar-refractivity contribution in [2.24, 2.45) is 0 Å². The van der Waals surface area contributed by atoms with Gasteiger partial charge < -0.3 is 9.47 Å². The highest BCUT2D eigenvalue weighted by Crippen LogP contribution is 2.08. The van der Waals surface area contributed by atoms with Gasteiger partial charge in [-0.05, 0) is 36.3 Å². The lowest BCUT2D eigenvalue weighted by atomic mass is 10.1. The van der Waals surface area contributed by atoms with Gasteiger partial charge in [-0.25, -0.2) is 17.9 Å². The van der Waals surface area contributed by atoms with Crippen LogP contribution in [0, 0.1) is 6.92 Å². The molecule has 2 aromatic carbocycles. The van der Waals surface area contributed by atoms with E-state index in [1.165, 1.54) is 13.2 Å². The lowest BCUT2D eigenvalue weighted by Crippen LogP contribution is -2.24. The van der Waals surface area contributed by atoms with E-state index < -0.39 is 22.0 Å². The molecule has 8 heteroatoms. The summed E-state index contributed by atoms with van der Waals surface area (Å²) in [6.07, 6.45) is 1.38. The fourth-order valence-electron chi connectivity index (χ4n) is 2.28. The minimum atomic E-state index is -3.65. The van der Waals surface area contributed by atoms with E-state index in [-0.39, 0.29) is 19.6 Å². The SMILES string of the molecule is COC(=O)c1ccc(COC(=O)CCNS(=O)(=O)/C=C/c2ccc(C)cc2)cc1. The minimum Gasteiger partial charge on any atom is -0.465 e. The Hall–Kier alpha value is -2.97. The molecule has 2 rings (SSSR count). The molecule has 0 saturated heterocycles. The van der Waals surface area contributed by atoms with Crippen LogP contribution in [0.15, 0.2) is 53.9 Å². The quantitative estimate of drug-likeness (QED) is 0.630. The molecular formula is C21H23NO6S. The van der Waals surface area contributed by atoms with E-state index in [1.807, 2.05) is 31.2 Å². The van der Waals surface area contributed by atoms with E-state index in [0.29, 0.717) is 11.1 Å². The summed E-state index contributed by atoms with van der Waals surface area (Å²) in [6.45, 7) is 1.91. The Morgan fingerprint density at radius 3 is 2.31 bits per heavy atom. The third kappa shape index (κ3) is 7.89. The van der Waals surface area contributed by atoms with Crippen molar-refractivity contribution >= 4 is 28.0 Å². The van der Waals surface area contributed by atoms with Gasteiger partial charge in [-0.2, -0.15) is 0 Å². The number of sulfonamides is 1. The van der Waals surface area contributed by atoms with E-state index in [9.17, 15) is 18.0 Å². The van der Waals surface area contributed by atoms with Crippen molar-refractivity contribution in [1.29, 1.82) is 0 Å². The summed E-state index contributed by atoms with van der Waals surface area (Å²) in [5.74, 6) is -0.982. The Bertz CT molecular complexity index is 963. The van der Waals surface area contributed by atoms with E-state index in [1.54, 1.807) is 24.3 Å². The van der Waals surface area contributed by atoms with Crippen LogP contribution in [0.1, 0.15) is 33.5 Å². The maximum atomic E-state index is 12.0. The van der Waals surface area contributed by atoms with E-state index in [2.05, 4.69) is 9.46 Å². The Morgan fingerprint density at radius 2 is 1.69 bits per heavy atom. The number of aryl methyl sites for hydroxylation is 1. The van der Waals surface area contributed by atoms with Crippen LogP contribution >= 0.6 is 0 Å². The average Bonchev–Trinajstić information content (AvgIpc) is 2.71. The van der Waals surface area contributed by atoms with E-state index in [0.717, 1.165) is 16.5 Å². The van der Waals surface area contributed by atoms with Crippen molar-refractivity contribution in [3.05, 3.63) is 76.2 Å². The van der Waals surface area contributed by atoms with Crippen molar-refractivity contribution in [2.75, 3.05) is 13.7 Å². The van der Waals surface area contributed by atoms with Crippen LogP contribution in [0.4, 0.5) is 0 Å². The molecule has 0 radical (unpaired) electrons. The molecule has 0 aliphatic heterocycles. The third-order valence-corrected chi connectivity index (χ3v) is 5.03. The first kappa shape index (κ1) is 22.3. The Kier molecular flexibility index (Phi) is 8.11. The normalized spacial score (nSPS) is 11.4. The molecule has 0 atom stereocenters. The lowest BCUT2D eigenvalue weighted by molar-refractivity contribution is -0.144. The summed E-state index contributed by atoms with van der Waals surface area (Å²) in [7, 11) is -2.35. The summed E-state index contributed by atoms with van der Waals surface area (Å²) in [6, 6.07) is 13.9. The number of carbonyl (C=O) groups is 2. The number of methoxy groups -OCH3 is 1. The largest absolute Gasteiger partial charge is 0.465 e. The van der Waals surface area contributed by atoms with Crippen molar-refractivity contribution in [3.63, 3.8) is 0 Å². The minimum absolute atomic E-state index is 0.0281.